The number of alkyl carbamates (subject to hydrolysis) is 1. The fourth-order valence-corrected chi connectivity index (χ4v) is 5.25. The molecule has 7 heteroatoms. The van der Waals surface area contributed by atoms with Gasteiger partial charge < -0.3 is 25.6 Å². The highest BCUT2D eigenvalue weighted by molar-refractivity contribution is 5.76. The lowest BCUT2D eigenvalue weighted by molar-refractivity contribution is -0.123. The Labute approximate surface area is 268 Å². The maximum absolute atomic E-state index is 12.3. The molecule has 0 bridgehead atoms. The third-order valence-electron chi connectivity index (χ3n) is 8.08. The molecule has 44 heavy (non-hydrogen) atoms. The molecule has 1 aromatic rings. The summed E-state index contributed by atoms with van der Waals surface area (Å²) in [6.45, 7) is 2.89. The van der Waals surface area contributed by atoms with Crippen LogP contribution in [0.4, 0.5) is 4.79 Å². The summed E-state index contributed by atoms with van der Waals surface area (Å²) in [5.74, 6) is -0.114. The number of allylic oxidation sites excluding steroid dienone is 1. The first-order valence-corrected chi connectivity index (χ1v) is 17.8. The number of hydrogen-bond donors (Lipinski definition) is 4. The largest absolute Gasteiger partial charge is 0.445 e. The van der Waals surface area contributed by atoms with Crippen LogP contribution in [0.5, 0.6) is 0 Å². The van der Waals surface area contributed by atoms with Crippen LogP contribution in [0.15, 0.2) is 42.5 Å². The van der Waals surface area contributed by atoms with Crippen molar-refractivity contribution >= 4 is 12.0 Å². The molecule has 0 aliphatic heterocycles. The van der Waals surface area contributed by atoms with E-state index in [1.807, 2.05) is 36.4 Å². The van der Waals surface area contributed by atoms with E-state index in [4.69, 9.17) is 4.74 Å². The van der Waals surface area contributed by atoms with Crippen LogP contribution in [0.1, 0.15) is 147 Å². The fourth-order valence-electron chi connectivity index (χ4n) is 5.25. The highest BCUT2D eigenvalue weighted by Crippen LogP contribution is 2.13. The number of nitrogens with one attached hydrogen (secondary N) is 2. The molecule has 1 rings (SSSR count). The molecule has 0 aliphatic rings. The summed E-state index contributed by atoms with van der Waals surface area (Å²) in [6.07, 6.45) is 26.5. The Kier molecular flexibility index (Phi) is 26.4. The van der Waals surface area contributed by atoms with Gasteiger partial charge in [-0.3, -0.25) is 4.79 Å². The Balaban J connectivity index is 1.93. The van der Waals surface area contributed by atoms with Gasteiger partial charge in [-0.2, -0.15) is 0 Å². The van der Waals surface area contributed by atoms with Crippen molar-refractivity contribution in [1.82, 2.24) is 10.6 Å². The number of carbonyl (C=O) groups excluding carboxylic acids is 2. The molecule has 0 aliphatic carbocycles. The molecule has 0 radical (unpaired) electrons. The van der Waals surface area contributed by atoms with E-state index in [1.165, 1.54) is 64.2 Å². The SMILES string of the molecule is CCCCCCCCCCCCC/C=C/[C@@H](O)[C@H](CO)NC(=O)CCCCCCCCCCNC(=O)OCc1ccccc1. The first-order chi connectivity index (χ1) is 21.6. The minimum Gasteiger partial charge on any atom is -0.445 e. The average molecular weight is 617 g/mol. The molecule has 7 nitrogen and oxygen atoms in total. The molecular weight excluding hydrogens is 552 g/mol. The number of aliphatic hydroxyl groups is 2. The molecular formula is C37H64N2O5. The Morgan fingerprint density at radius 3 is 1.91 bits per heavy atom. The highest BCUT2D eigenvalue weighted by Gasteiger charge is 2.17. The number of carbonyl (C=O) groups is 2. The Morgan fingerprint density at radius 2 is 1.32 bits per heavy atom. The number of benzene rings is 1. The molecule has 252 valence electrons. The minimum atomic E-state index is -0.869. The van der Waals surface area contributed by atoms with E-state index in [0.29, 0.717) is 13.0 Å². The van der Waals surface area contributed by atoms with Gasteiger partial charge >= 0.3 is 6.09 Å². The van der Waals surface area contributed by atoms with Crippen molar-refractivity contribution in [2.24, 2.45) is 0 Å². The summed E-state index contributed by atoms with van der Waals surface area (Å²) in [6, 6.07) is 8.99. The Morgan fingerprint density at radius 1 is 0.773 bits per heavy atom. The number of unbranched alkanes of at least 4 members (excludes halogenated alkanes) is 18. The molecule has 0 heterocycles. The third kappa shape index (κ3) is 24.0. The number of hydrogen-bond acceptors (Lipinski definition) is 5. The van der Waals surface area contributed by atoms with Gasteiger partial charge in [0, 0.05) is 13.0 Å². The van der Waals surface area contributed by atoms with E-state index >= 15 is 0 Å². The highest BCUT2D eigenvalue weighted by atomic mass is 16.5. The van der Waals surface area contributed by atoms with Gasteiger partial charge in [0.25, 0.3) is 0 Å². The van der Waals surface area contributed by atoms with Crippen molar-refractivity contribution in [2.45, 2.75) is 161 Å². The smallest absolute Gasteiger partial charge is 0.407 e. The second-order valence-electron chi connectivity index (χ2n) is 12.2. The molecule has 0 aromatic heterocycles. The van der Waals surface area contributed by atoms with Gasteiger partial charge in [-0.25, -0.2) is 4.79 Å². The fraction of sp³-hybridized carbons (Fsp3) is 0.730. The van der Waals surface area contributed by atoms with Gasteiger partial charge in [0.05, 0.1) is 18.8 Å². The normalized spacial score (nSPS) is 12.7. The lowest BCUT2D eigenvalue weighted by Gasteiger charge is -2.20. The minimum absolute atomic E-state index is 0.114. The Bertz CT molecular complexity index is 832. The monoisotopic (exact) mass is 616 g/mol. The zero-order valence-corrected chi connectivity index (χ0v) is 27.8. The van der Waals surface area contributed by atoms with Crippen molar-refractivity contribution in [3.8, 4) is 0 Å². The molecule has 0 saturated heterocycles. The van der Waals surface area contributed by atoms with Crippen LogP contribution in [0.3, 0.4) is 0 Å². The predicted molar refractivity (Wildman–Crippen MR) is 181 cm³/mol. The number of aliphatic hydroxyl groups excluding tert-OH is 2. The molecule has 0 spiro atoms. The molecule has 0 unspecified atom stereocenters. The van der Waals surface area contributed by atoms with Gasteiger partial charge in [0.2, 0.25) is 5.91 Å². The molecule has 1 aromatic carbocycles. The van der Waals surface area contributed by atoms with E-state index in [0.717, 1.165) is 69.8 Å². The van der Waals surface area contributed by atoms with Gasteiger partial charge in [-0.05, 0) is 31.2 Å². The molecule has 2 atom stereocenters. The first kappa shape index (κ1) is 39.6. The third-order valence-corrected chi connectivity index (χ3v) is 8.08. The van der Waals surface area contributed by atoms with Crippen molar-refractivity contribution in [1.29, 1.82) is 0 Å². The molecule has 0 saturated carbocycles. The van der Waals surface area contributed by atoms with Crippen LogP contribution >= 0.6 is 0 Å². The predicted octanol–water partition coefficient (Wildman–Crippen LogP) is 8.52. The summed E-state index contributed by atoms with van der Waals surface area (Å²) in [5.41, 5.74) is 0.976. The van der Waals surface area contributed by atoms with Crippen molar-refractivity contribution in [2.75, 3.05) is 13.2 Å². The van der Waals surface area contributed by atoms with Crippen LogP contribution in [-0.2, 0) is 16.1 Å². The lowest BCUT2D eigenvalue weighted by atomic mass is 10.0. The van der Waals surface area contributed by atoms with Gasteiger partial charge in [-0.15, -0.1) is 0 Å². The van der Waals surface area contributed by atoms with Crippen LogP contribution in [0, 0.1) is 0 Å². The second-order valence-corrected chi connectivity index (χ2v) is 12.2. The quantitative estimate of drug-likeness (QED) is 0.0533. The zero-order valence-electron chi connectivity index (χ0n) is 27.8. The zero-order chi connectivity index (χ0) is 31.9. The van der Waals surface area contributed by atoms with E-state index in [2.05, 4.69) is 17.6 Å². The van der Waals surface area contributed by atoms with Gasteiger partial charge in [0.1, 0.15) is 6.61 Å². The summed E-state index contributed by atoms with van der Waals surface area (Å²) in [7, 11) is 0. The van der Waals surface area contributed by atoms with Crippen LogP contribution in [0.25, 0.3) is 0 Å². The number of amides is 2. The number of rotatable bonds is 29. The van der Waals surface area contributed by atoms with E-state index in [-0.39, 0.29) is 25.2 Å². The van der Waals surface area contributed by atoms with E-state index in [9.17, 15) is 19.8 Å². The van der Waals surface area contributed by atoms with Crippen molar-refractivity contribution < 1.29 is 24.5 Å². The number of ether oxygens (including phenoxy) is 1. The topological polar surface area (TPSA) is 108 Å². The summed E-state index contributed by atoms with van der Waals surface area (Å²) >= 11 is 0. The van der Waals surface area contributed by atoms with E-state index < -0.39 is 12.1 Å². The van der Waals surface area contributed by atoms with Crippen molar-refractivity contribution in [3.05, 3.63) is 48.0 Å². The van der Waals surface area contributed by atoms with Crippen molar-refractivity contribution in [3.63, 3.8) is 0 Å². The van der Waals surface area contributed by atoms with Crippen LogP contribution < -0.4 is 10.6 Å². The summed E-state index contributed by atoms with van der Waals surface area (Å²) in [5, 5.41) is 25.6. The van der Waals surface area contributed by atoms with Gasteiger partial charge in [-0.1, -0.05) is 152 Å². The average Bonchev–Trinajstić information content (AvgIpc) is 3.04. The summed E-state index contributed by atoms with van der Waals surface area (Å²) < 4.78 is 5.21. The Hall–Kier alpha value is -2.38. The second kappa shape index (κ2) is 29.3. The molecule has 2 amide bonds. The summed E-state index contributed by atoms with van der Waals surface area (Å²) in [4.78, 5) is 24.1. The molecule has 0 fully saturated rings. The standard InChI is InChI=1S/C37H64N2O5/c1-2-3-4-5-6-7-8-9-10-11-14-17-23-28-35(41)34(31-40)39-36(42)29-24-18-15-12-13-16-19-25-30-38-37(43)44-32-33-26-21-20-22-27-33/h20-23,26-28,34-35,40-41H,2-19,24-25,29-32H2,1H3,(H,38,43)(H,39,42)/b28-23+/t34-,35+/m0/s1. The van der Waals surface area contributed by atoms with Gasteiger partial charge in [0.15, 0.2) is 0 Å². The lowest BCUT2D eigenvalue weighted by Crippen LogP contribution is -2.45. The molecule has 4 N–H and O–H groups in total. The maximum Gasteiger partial charge on any atom is 0.407 e. The maximum atomic E-state index is 12.3. The first-order valence-electron chi connectivity index (χ1n) is 17.8. The van der Waals surface area contributed by atoms with Crippen LogP contribution in [-0.4, -0.2) is 47.5 Å². The van der Waals surface area contributed by atoms with E-state index in [1.54, 1.807) is 6.08 Å². The van der Waals surface area contributed by atoms with Crippen LogP contribution in [0.2, 0.25) is 0 Å².